The Morgan fingerprint density at radius 1 is 1.73 bits per heavy atom. The molecule has 3 N–H and O–H groups in total. The van der Waals surface area contributed by atoms with Crippen LogP contribution in [0.15, 0.2) is 12.2 Å². The first kappa shape index (κ1) is 17.8. The van der Waals surface area contributed by atoms with Gasteiger partial charge in [0.05, 0.1) is 0 Å². The largest absolute Gasteiger partial charge is 1.00 e. The molecule has 0 aliphatic heterocycles. The van der Waals surface area contributed by atoms with Gasteiger partial charge in [0.1, 0.15) is 0 Å². The van der Waals surface area contributed by atoms with Crippen molar-refractivity contribution in [2.75, 3.05) is 0 Å². The molecule has 0 atom stereocenters. The minimum Gasteiger partial charge on any atom is -0.483 e. The average molecular weight is 183 g/mol. The van der Waals surface area contributed by atoms with Gasteiger partial charge in [-0.15, -0.1) is 0 Å². The van der Waals surface area contributed by atoms with Crippen molar-refractivity contribution >= 4 is 5.97 Å². The van der Waals surface area contributed by atoms with Crippen molar-refractivity contribution in [3.8, 4) is 0 Å². The summed E-state index contributed by atoms with van der Waals surface area (Å²) in [5.41, 5.74) is 5.08. The maximum absolute atomic E-state index is 9.60. The van der Waals surface area contributed by atoms with Crippen molar-refractivity contribution in [2.24, 2.45) is 5.73 Å². The van der Waals surface area contributed by atoms with Crippen LogP contribution in [0.3, 0.4) is 0 Å². The van der Waals surface area contributed by atoms with Gasteiger partial charge in [-0.2, -0.15) is 6.42 Å². The van der Waals surface area contributed by atoms with E-state index < -0.39 is 5.97 Å². The topological polar surface area (TPSA) is 63.3 Å². The second-order valence-corrected chi connectivity index (χ2v) is 1.73. The van der Waals surface area contributed by atoms with E-state index in [0.29, 0.717) is 0 Å². The summed E-state index contributed by atoms with van der Waals surface area (Å²) in [6.07, 6.45) is 0.972. The Labute approximate surface area is 110 Å². The molecule has 0 aromatic carbocycles. The van der Waals surface area contributed by atoms with Gasteiger partial charge in [-0.05, 0) is 6.92 Å². The van der Waals surface area contributed by atoms with Crippen molar-refractivity contribution in [1.29, 1.82) is 0 Å². The first-order valence-corrected chi connectivity index (χ1v) is 2.98. The van der Waals surface area contributed by atoms with Crippen LogP contribution in [0, 0.1) is 6.54 Å². The van der Waals surface area contributed by atoms with Gasteiger partial charge in [0, 0.05) is 5.57 Å². The van der Waals surface area contributed by atoms with Crippen LogP contribution in [0.1, 0.15) is 20.3 Å². The fraction of sp³-hybridized carbons (Fsp3) is 0.429. The molecule has 0 aromatic rings. The maximum Gasteiger partial charge on any atom is 1.00 e. The van der Waals surface area contributed by atoms with Crippen LogP contribution in [0.25, 0.3) is 0 Å². The number of hydrogen-bond acceptors (Lipinski definition) is 2. The molecule has 0 fully saturated rings. The second kappa shape index (κ2) is 13.4. The molecule has 0 rings (SSSR count). The SMILES string of the molecule is C=C(C)C(=O)O.CC[CH-]N.[K+]. The molecule has 0 aromatic heterocycles. The van der Waals surface area contributed by atoms with Crippen LogP contribution in [-0.4, -0.2) is 11.1 Å². The predicted octanol–water partition coefficient (Wildman–Crippen LogP) is -1.83. The number of aliphatic carboxylic acids is 1. The van der Waals surface area contributed by atoms with Crippen LogP contribution < -0.4 is 57.1 Å². The zero-order chi connectivity index (χ0) is 8.57. The first-order chi connectivity index (χ1) is 4.56. The number of carbonyl (C=O) groups is 1. The molecule has 0 aliphatic carbocycles. The van der Waals surface area contributed by atoms with Gasteiger partial charge in [0.25, 0.3) is 0 Å². The fourth-order valence-corrected chi connectivity index (χ4v) is 0. The summed E-state index contributed by atoms with van der Waals surface area (Å²) in [5, 5.41) is 7.89. The maximum atomic E-state index is 9.60. The Morgan fingerprint density at radius 2 is 1.91 bits per heavy atom. The van der Waals surface area contributed by atoms with E-state index in [1.807, 2.05) is 6.92 Å². The Bertz CT molecular complexity index is 101. The monoisotopic (exact) mass is 183 g/mol. The molecule has 0 saturated carbocycles. The average Bonchev–Trinajstić information content (AvgIpc) is 1.89. The second-order valence-electron chi connectivity index (χ2n) is 1.73. The molecular formula is C7H14KNO2. The summed E-state index contributed by atoms with van der Waals surface area (Å²) in [4.78, 5) is 9.60. The van der Waals surface area contributed by atoms with Crippen molar-refractivity contribution in [2.45, 2.75) is 20.3 Å². The Kier molecular flexibility index (Phi) is 21.7. The third kappa shape index (κ3) is 24.9. The molecule has 11 heavy (non-hydrogen) atoms. The number of hydrogen-bond donors (Lipinski definition) is 2. The van der Waals surface area contributed by atoms with Crippen molar-refractivity contribution in [3.63, 3.8) is 0 Å². The summed E-state index contributed by atoms with van der Waals surface area (Å²) in [7, 11) is 0. The molecular weight excluding hydrogens is 169 g/mol. The zero-order valence-electron chi connectivity index (χ0n) is 7.42. The van der Waals surface area contributed by atoms with E-state index in [9.17, 15) is 4.79 Å². The van der Waals surface area contributed by atoms with Crippen LogP contribution in [0.5, 0.6) is 0 Å². The molecule has 0 heterocycles. The van der Waals surface area contributed by atoms with Gasteiger partial charge >= 0.3 is 57.4 Å². The molecule has 0 amide bonds. The van der Waals surface area contributed by atoms with E-state index in [2.05, 4.69) is 6.58 Å². The zero-order valence-corrected chi connectivity index (χ0v) is 10.5. The van der Waals surface area contributed by atoms with Gasteiger partial charge in [-0.3, -0.25) is 6.54 Å². The molecule has 0 spiro atoms. The van der Waals surface area contributed by atoms with Crippen LogP contribution >= 0.6 is 0 Å². The normalized spacial score (nSPS) is 6.82. The number of nitrogens with two attached hydrogens (primary N) is 1. The third-order valence-electron chi connectivity index (χ3n) is 0.601. The number of carboxylic acid groups (broad SMARTS) is 1. The summed E-state index contributed by atoms with van der Waals surface area (Å²) in [5.74, 6) is -0.935. The van der Waals surface area contributed by atoms with E-state index in [0.717, 1.165) is 6.42 Å². The molecule has 3 nitrogen and oxygen atoms in total. The minimum atomic E-state index is -0.935. The van der Waals surface area contributed by atoms with Crippen LogP contribution in [0.2, 0.25) is 0 Å². The quantitative estimate of drug-likeness (QED) is 0.301. The Balaban J connectivity index is -0.000000114. The third-order valence-corrected chi connectivity index (χ3v) is 0.601. The van der Waals surface area contributed by atoms with Gasteiger partial charge in [0.15, 0.2) is 0 Å². The van der Waals surface area contributed by atoms with Crippen LogP contribution in [-0.2, 0) is 4.79 Å². The van der Waals surface area contributed by atoms with Crippen molar-refractivity contribution < 1.29 is 61.3 Å². The number of carboxylic acids is 1. The van der Waals surface area contributed by atoms with E-state index in [1.165, 1.54) is 6.92 Å². The summed E-state index contributed by atoms with van der Waals surface area (Å²) in [6.45, 7) is 8.23. The van der Waals surface area contributed by atoms with E-state index >= 15 is 0 Å². The Hall–Kier alpha value is 0.806. The minimum absolute atomic E-state index is 0. The van der Waals surface area contributed by atoms with Gasteiger partial charge in [-0.1, -0.05) is 13.5 Å². The van der Waals surface area contributed by atoms with Crippen LogP contribution in [0.4, 0.5) is 0 Å². The van der Waals surface area contributed by atoms with Crippen molar-refractivity contribution in [1.82, 2.24) is 0 Å². The molecule has 0 saturated heterocycles. The summed E-state index contributed by atoms with van der Waals surface area (Å²) in [6, 6.07) is 0. The molecule has 0 radical (unpaired) electrons. The predicted molar refractivity (Wildman–Crippen MR) is 41.2 cm³/mol. The summed E-state index contributed by atoms with van der Waals surface area (Å²) < 4.78 is 0. The summed E-state index contributed by atoms with van der Waals surface area (Å²) >= 11 is 0. The molecule has 0 aliphatic rings. The first-order valence-electron chi connectivity index (χ1n) is 2.98. The van der Waals surface area contributed by atoms with Gasteiger partial charge in [0.2, 0.25) is 0 Å². The molecule has 0 unspecified atom stereocenters. The van der Waals surface area contributed by atoms with Crippen molar-refractivity contribution in [3.05, 3.63) is 18.7 Å². The fourth-order valence-electron chi connectivity index (χ4n) is 0. The van der Waals surface area contributed by atoms with Gasteiger partial charge in [-0.25, -0.2) is 4.79 Å². The molecule has 60 valence electrons. The standard InChI is InChI=1S/C4H6O2.C3H8N.K/c1-3(2)4(5)6;1-2-3-4;/h1H2,2H3,(H,5,6);3H,2,4H2,1H3;/q;-1;+1. The van der Waals surface area contributed by atoms with E-state index in [1.54, 1.807) is 6.54 Å². The van der Waals surface area contributed by atoms with E-state index in [4.69, 9.17) is 10.8 Å². The Morgan fingerprint density at radius 3 is 1.91 bits per heavy atom. The van der Waals surface area contributed by atoms with Gasteiger partial charge < -0.3 is 10.8 Å². The number of rotatable bonds is 2. The van der Waals surface area contributed by atoms with E-state index in [-0.39, 0.29) is 57.0 Å². The smallest absolute Gasteiger partial charge is 0.483 e. The molecule has 0 bridgehead atoms. The molecule has 4 heteroatoms.